The monoisotopic (exact) mass is 374 g/mol. The van der Waals surface area contributed by atoms with Crippen LogP contribution in [0.1, 0.15) is 36.0 Å². The summed E-state index contributed by atoms with van der Waals surface area (Å²) >= 11 is 0. The van der Waals surface area contributed by atoms with Gasteiger partial charge in [-0.15, -0.1) is 0 Å². The number of hydrogen-bond acceptors (Lipinski definition) is 5. The summed E-state index contributed by atoms with van der Waals surface area (Å²) in [6, 6.07) is 8.04. The van der Waals surface area contributed by atoms with E-state index in [0.29, 0.717) is 13.2 Å². The molecule has 6 heteroatoms. The summed E-state index contributed by atoms with van der Waals surface area (Å²) in [5, 5.41) is 0. The molecule has 3 atom stereocenters. The molecule has 0 radical (unpaired) electrons. The zero-order valence-electron chi connectivity index (χ0n) is 16.4. The number of benzene rings is 1. The Labute approximate surface area is 161 Å². The van der Waals surface area contributed by atoms with Crippen LogP contribution in [0.15, 0.2) is 24.3 Å². The molecule has 1 amide bonds. The Balaban J connectivity index is 1.61. The zero-order chi connectivity index (χ0) is 18.9. The number of para-hydroxylation sites is 1. The molecule has 1 aromatic carbocycles. The first kappa shape index (κ1) is 18.7. The van der Waals surface area contributed by atoms with Gasteiger partial charge in [0.2, 0.25) is 0 Å². The highest BCUT2D eigenvalue weighted by Gasteiger charge is 2.52. The number of ether oxygens (including phenoxy) is 3. The second-order valence-corrected chi connectivity index (χ2v) is 7.78. The molecule has 4 rings (SSSR count). The van der Waals surface area contributed by atoms with Gasteiger partial charge in [-0.2, -0.15) is 0 Å². The number of fused-ring (bicyclic) bond motifs is 1. The first-order chi connectivity index (χ1) is 13.2. The number of hydrogen-bond donors (Lipinski definition) is 0. The number of morpholine rings is 1. The van der Waals surface area contributed by atoms with Crippen LogP contribution in [0, 0.1) is 0 Å². The third kappa shape index (κ3) is 3.35. The molecule has 3 unspecified atom stereocenters. The highest BCUT2D eigenvalue weighted by Crippen LogP contribution is 2.44. The molecular formula is C21H30N2O4. The molecule has 3 aliphatic rings. The quantitative estimate of drug-likeness (QED) is 0.810. The summed E-state index contributed by atoms with van der Waals surface area (Å²) in [5.41, 5.74) is 1.57. The van der Waals surface area contributed by atoms with Crippen LogP contribution in [0.25, 0.3) is 0 Å². The van der Waals surface area contributed by atoms with Crippen molar-refractivity contribution in [2.45, 2.75) is 43.4 Å². The van der Waals surface area contributed by atoms with Crippen LogP contribution in [0.2, 0.25) is 0 Å². The van der Waals surface area contributed by atoms with E-state index in [1.807, 2.05) is 23.1 Å². The Morgan fingerprint density at radius 1 is 1.15 bits per heavy atom. The molecule has 0 aromatic heterocycles. The van der Waals surface area contributed by atoms with Gasteiger partial charge in [0.25, 0.3) is 5.91 Å². The van der Waals surface area contributed by atoms with Crippen LogP contribution < -0.4 is 4.90 Å². The van der Waals surface area contributed by atoms with E-state index in [0.717, 1.165) is 56.6 Å². The van der Waals surface area contributed by atoms with Crippen LogP contribution in [0.3, 0.4) is 0 Å². The van der Waals surface area contributed by atoms with Crippen molar-refractivity contribution in [2.24, 2.45) is 0 Å². The van der Waals surface area contributed by atoms with Crippen LogP contribution in [0.4, 0.5) is 5.69 Å². The average molecular weight is 374 g/mol. The van der Waals surface area contributed by atoms with E-state index in [9.17, 15) is 4.79 Å². The lowest BCUT2D eigenvalue weighted by Crippen LogP contribution is -2.53. The third-order valence-electron chi connectivity index (χ3n) is 6.62. The van der Waals surface area contributed by atoms with E-state index in [1.165, 1.54) is 0 Å². The fourth-order valence-electron chi connectivity index (χ4n) is 5.01. The fraction of sp³-hybridized carbons (Fsp3) is 0.667. The molecule has 148 valence electrons. The van der Waals surface area contributed by atoms with Gasteiger partial charge < -0.3 is 24.0 Å². The Morgan fingerprint density at radius 2 is 1.93 bits per heavy atom. The van der Waals surface area contributed by atoms with Crippen LogP contribution in [-0.2, 0) is 14.2 Å². The number of likely N-dealkylation sites (tertiary alicyclic amines) is 1. The minimum Gasteiger partial charge on any atom is -0.381 e. The molecule has 0 N–H and O–H groups in total. The zero-order valence-corrected chi connectivity index (χ0v) is 16.4. The van der Waals surface area contributed by atoms with Crippen LogP contribution in [0.5, 0.6) is 0 Å². The lowest BCUT2D eigenvalue weighted by molar-refractivity contribution is -0.0893. The molecule has 0 spiro atoms. The predicted octanol–water partition coefficient (Wildman–Crippen LogP) is 2.32. The topological polar surface area (TPSA) is 51.2 Å². The van der Waals surface area contributed by atoms with Crippen molar-refractivity contribution >= 4 is 11.6 Å². The summed E-state index contributed by atoms with van der Waals surface area (Å²) in [4.78, 5) is 17.9. The molecular weight excluding hydrogens is 344 g/mol. The number of rotatable bonds is 4. The van der Waals surface area contributed by atoms with Gasteiger partial charge in [0.1, 0.15) is 0 Å². The molecule has 1 aliphatic carbocycles. The Morgan fingerprint density at radius 3 is 2.67 bits per heavy atom. The van der Waals surface area contributed by atoms with Crippen LogP contribution in [-0.4, -0.2) is 75.6 Å². The summed E-state index contributed by atoms with van der Waals surface area (Å²) in [5.74, 6) is 0.109. The molecule has 2 aliphatic heterocycles. The van der Waals surface area contributed by atoms with E-state index in [-0.39, 0.29) is 23.7 Å². The van der Waals surface area contributed by atoms with Crippen molar-refractivity contribution in [1.82, 2.24) is 4.90 Å². The van der Waals surface area contributed by atoms with Crippen molar-refractivity contribution in [2.75, 3.05) is 52.0 Å². The lowest BCUT2D eigenvalue weighted by Gasteiger charge is -2.43. The average Bonchev–Trinajstić information content (AvgIpc) is 3.13. The SMILES string of the molecule is COC1CCC2(OC)CCN(C(=O)c3ccccc3N3CCOCC3)C2C1. The summed E-state index contributed by atoms with van der Waals surface area (Å²) in [6.07, 6.45) is 3.88. The summed E-state index contributed by atoms with van der Waals surface area (Å²) < 4.78 is 17.1. The minimum absolute atomic E-state index is 0.0754. The maximum atomic E-state index is 13.6. The van der Waals surface area contributed by atoms with Crippen LogP contribution >= 0.6 is 0 Å². The Bertz CT molecular complexity index is 676. The molecule has 27 heavy (non-hydrogen) atoms. The maximum absolute atomic E-state index is 13.6. The first-order valence-corrected chi connectivity index (χ1v) is 9.99. The minimum atomic E-state index is -0.224. The van der Waals surface area contributed by atoms with Gasteiger partial charge in [-0.1, -0.05) is 12.1 Å². The Kier molecular flexibility index (Phi) is 5.39. The summed E-state index contributed by atoms with van der Waals surface area (Å²) in [6.45, 7) is 3.79. The lowest BCUT2D eigenvalue weighted by atomic mass is 9.79. The number of methoxy groups -OCH3 is 2. The van der Waals surface area contributed by atoms with Gasteiger partial charge >= 0.3 is 0 Å². The highest BCUT2D eigenvalue weighted by molar-refractivity contribution is 6.00. The van der Waals surface area contributed by atoms with Crippen molar-refractivity contribution in [3.8, 4) is 0 Å². The van der Waals surface area contributed by atoms with Gasteiger partial charge in [0.05, 0.1) is 36.5 Å². The Hall–Kier alpha value is -1.63. The van der Waals surface area contributed by atoms with E-state index >= 15 is 0 Å². The number of anilines is 1. The van der Waals surface area contributed by atoms with E-state index < -0.39 is 0 Å². The molecule has 2 heterocycles. The van der Waals surface area contributed by atoms with E-state index in [4.69, 9.17) is 14.2 Å². The van der Waals surface area contributed by atoms with Gasteiger partial charge in [-0.05, 0) is 37.8 Å². The van der Waals surface area contributed by atoms with Gasteiger partial charge in [-0.25, -0.2) is 0 Å². The van der Waals surface area contributed by atoms with Crippen molar-refractivity contribution in [1.29, 1.82) is 0 Å². The number of carbonyl (C=O) groups excluding carboxylic acids is 1. The fourth-order valence-corrected chi connectivity index (χ4v) is 5.01. The largest absolute Gasteiger partial charge is 0.381 e. The second-order valence-electron chi connectivity index (χ2n) is 7.78. The van der Waals surface area contributed by atoms with Crippen molar-refractivity contribution in [3.63, 3.8) is 0 Å². The van der Waals surface area contributed by atoms with Crippen molar-refractivity contribution < 1.29 is 19.0 Å². The standard InChI is InChI=1S/C21H30N2O4/c1-25-16-7-8-21(26-2)9-10-23(19(21)15-16)20(24)17-5-3-4-6-18(17)22-11-13-27-14-12-22/h3-6,16,19H,7-15H2,1-2H3. The van der Waals surface area contributed by atoms with Gasteiger partial charge in [-0.3, -0.25) is 4.79 Å². The van der Waals surface area contributed by atoms with E-state index in [2.05, 4.69) is 11.0 Å². The smallest absolute Gasteiger partial charge is 0.256 e. The first-order valence-electron chi connectivity index (χ1n) is 9.99. The third-order valence-corrected chi connectivity index (χ3v) is 6.62. The molecule has 3 fully saturated rings. The number of nitrogens with zero attached hydrogens (tertiary/aromatic N) is 2. The number of amides is 1. The number of carbonyl (C=O) groups is 1. The van der Waals surface area contributed by atoms with Crippen molar-refractivity contribution in [3.05, 3.63) is 29.8 Å². The highest BCUT2D eigenvalue weighted by atomic mass is 16.5. The van der Waals surface area contributed by atoms with Gasteiger partial charge in [0, 0.05) is 39.5 Å². The molecule has 1 aromatic rings. The second kappa shape index (κ2) is 7.78. The van der Waals surface area contributed by atoms with E-state index in [1.54, 1.807) is 14.2 Å². The normalized spacial score (nSPS) is 31.0. The predicted molar refractivity (Wildman–Crippen MR) is 103 cm³/mol. The molecule has 0 bridgehead atoms. The maximum Gasteiger partial charge on any atom is 0.256 e. The molecule has 2 saturated heterocycles. The molecule has 6 nitrogen and oxygen atoms in total. The molecule has 1 saturated carbocycles. The van der Waals surface area contributed by atoms with Gasteiger partial charge in [0.15, 0.2) is 0 Å². The summed E-state index contributed by atoms with van der Waals surface area (Å²) in [7, 11) is 3.55.